The van der Waals surface area contributed by atoms with Crippen LogP contribution in [0.1, 0.15) is 27.0 Å². The van der Waals surface area contributed by atoms with Crippen molar-refractivity contribution in [2.45, 2.75) is 20.4 Å². The first kappa shape index (κ1) is 18.3. The van der Waals surface area contributed by atoms with Gasteiger partial charge in [0.05, 0.1) is 22.3 Å². The summed E-state index contributed by atoms with van der Waals surface area (Å²) in [5, 5.41) is 0.570. The molecule has 3 aromatic carbocycles. The number of thiazole rings is 1. The van der Waals surface area contributed by atoms with Crippen LogP contribution in [0.5, 0.6) is 0 Å². The van der Waals surface area contributed by atoms with E-state index in [0.29, 0.717) is 11.7 Å². The molecule has 0 saturated carbocycles. The first-order valence-corrected chi connectivity index (χ1v) is 9.82. The number of hydrogen-bond acceptors (Lipinski definition) is 3. The molecule has 0 N–H and O–H groups in total. The SMILES string of the molecule is Cc1cc(C)c2nc(N(Cc3ccccc3)C(=O)c3ccccc3F)sc2c1. The molecule has 0 radical (unpaired) electrons. The highest BCUT2D eigenvalue weighted by Gasteiger charge is 2.24. The molecule has 5 heteroatoms. The van der Waals surface area contributed by atoms with Gasteiger partial charge in [-0.05, 0) is 48.7 Å². The number of rotatable bonds is 4. The normalized spacial score (nSPS) is 11.0. The molecule has 0 spiro atoms. The number of aryl methyl sites for hydroxylation is 2. The van der Waals surface area contributed by atoms with Crippen LogP contribution in [0, 0.1) is 19.7 Å². The second kappa shape index (κ2) is 7.52. The molecule has 140 valence electrons. The Morgan fingerprint density at radius 1 is 1.04 bits per heavy atom. The molecule has 4 aromatic rings. The molecular weight excluding hydrogens is 371 g/mol. The van der Waals surface area contributed by atoms with E-state index < -0.39 is 11.7 Å². The van der Waals surface area contributed by atoms with Gasteiger partial charge in [-0.3, -0.25) is 9.69 Å². The zero-order chi connectivity index (χ0) is 19.7. The highest BCUT2D eigenvalue weighted by Crippen LogP contribution is 2.33. The smallest absolute Gasteiger partial charge is 0.263 e. The molecule has 0 atom stereocenters. The summed E-state index contributed by atoms with van der Waals surface area (Å²) in [5.74, 6) is -0.922. The molecule has 0 bridgehead atoms. The fourth-order valence-electron chi connectivity index (χ4n) is 3.25. The third kappa shape index (κ3) is 3.53. The Labute approximate surface area is 167 Å². The van der Waals surface area contributed by atoms with E-state index >= 15 is 0 Å². The maximum Gasteiger partial charge on any atom is 0.263 e. The van der Waals surface area contributed by atoms with Crippen LogP contribution in [0.25, 0.3) is 10.2 Å². The lowest BCUT2D eigenvalue weighted by atomic mass is 10.1. The lowest BCUT2D eigenvalue weighted by Gasteiger charge is -2.20. The molecule has 0 fully saturated rings. The van der Waals surface area contributed by atoms with E-state index in [1.165, 1.54) is 23.5 Å². The maximum atomic E-state index is 14.3. The first-order valence-electron chi connectivity index (χ1n) is 9.01. The fraction of sp³-hybridized carbons (Fsp3) is 0.130. The van der Waals surface area contributed by atoms with Gasteiger partial charge in [0.2, 0.25) is 0 Å². The van der Waals surface area contributed by atoms with E-state index in [1.807, 2.05) is 44.2 Å². The van der Waals surface area contributed by atoms with Crippen molar-refractivity contribution in [1.82, 2.24) is 4.98 Å². The summed E-state index contributed by atoms with van der Waals surface area (Å²) < 4.78 is 15.3. The number of halogens is 1. The number of hydrogen-bond donors (Lipinski definition) is 0. The number of carbonyl (C=O) groups excluding carboxylic acids is 1. The largest absolute Gasteiger partial charge is 0.279 e. The Kier molecular flexibility index (Phi) is 4.92. The molecule has 1 amide bonds. The Hall–Kier alpha value is -3.05. The van der Waals surface area contributed by atoms with Crippen molar-refractivity contribution in [3.05, 3.63) is 94.8 Å². The number of fused-ring (bicyclic) bond motifs is 1. The fourth-order valence-corrected chi connectivity index (χ4v) is 4.39. The van der Waals surface area contributed by atoms with E-state index in [-0.39, 0.29) is 5.56 Å². The molecule has 0 aliphatic carbocycles. The minimum Gasteiger partial charge on any atom is -0.279 e. The second-order valence-corrected chi connectivity index (χ2v) is 7.79. The standard InChI is InChI=1S/C23H19FN2OS/c1-15-12-16(2)21-20(13-15)28-23(25-21)26(14-17-8-4-3-5-9-17)22(27)18-10-6-7-11-19(18)24/h3-13H,14H2,1-2H3. The quantitative estimate of drug-likeness (QED) is 0.435. The van der Waals surface area contributed by atoms with Crippen molar-refractivity contribution in [1.29, 1.82) is 0 Å². The lowest BCUT2D eigenvalue weighted by molar-refractivity contribution is 0.0981. The van der Waals surface area contributed by atoms with E-state index in [4.69, 9.17) is 4.98 Å². The Balaban J connectivity index is 1.82. The van der Waals surface area contributed by atoms with Gasteiger partial charge in [0, 0.05) is 0 Å². The van der Waals surface area contributed by atoms with Gasteiger partial charge < -0.3 is 0 Å². The molecular formula is C23H19FN2OS. The highest BCUT2D eigenvalue weighted by atomic mass is 32.1. The van der Waals surface area contributed by atoms with E-state index in [1.54, 1.807) is 17.0 Å². The Morgan fingerprint density at radius 2 is 1.75 bits per heavy atom. The Bertz CT molecular complexity index is 1150. The monoisotopic (exact) mass is 390 g/mol. The molecule has 0 aliphatic heterocycles. The summed E-state index contributed by atoms with van der Waals surface area (Å²) in [7, 11) is 0. The van der Waals surface area contributed by atoms with E-state index in [9.17, 15) is 9.18 Å². The first-order chi connectivity index (χ1) is 13.5. The van der Waals surface area contributed by atoms with Gasteiger partial charge in [-0.25, -0.2) is 9.37 Å². The molecule has 0 unspecified atom stereocenters. The van der Waals surface area contributed by atoms with E-state index in [2.05, 4.69) is 12.1 Å². The van der Waals surface area contributed by atoms with Crippen molar-refractivity contribution in [2.24, 2.45) is 0 Å². The molecule has 28 heavy (non-hydrogen) atoms. The average molecular weight is 390 g/mol. The maximum absolute atomic E-state index is 14.3. The van der Waals surface area contributed by atoms with Crippen molar-refractivity contribution in [2.75, 3.05) is 4.90 Å². The molecule has 1 heterocycles. The van der Waals surface area contributed by atoms with Gasteiger partial charge >= 0.3 is 0 Å². The highest BCUT2D eigenvalue weighted by molar-refractivity contribution is 7.22. The number of aromatic nitrogens is 1. The summed E-state index contributed by atoms with van der Waals surface area (Å²) in [6.45, 7) is 4.38. The second-order valence-electron chi connectivity index (χ2n) is 6.78. The van der Waals surface area contributed by atoms with Crippen molar-refractivity contribution in [3.63, 3.8) is 0 Å². The summed E-state index contributed by atoms with van der Waals surface area (Å²) >= 11 is 1.45. The van der Waals surface area contributed by atoms with Crippen LogP contribution in [0.4, 0.5) is 9.52 Å². The zero-order valence-electron chi connectivity index (χ0n) is 15.6. The van der Waals surface area contributed by atoms with Crippen molar-refractivity contribution in [3.8, 4) is 0 Å². The van der Waals surface area contributed by atoms with Gasteiger partial charge in [-0.15, -0.1) is 0 Å². The lowest BCUT2D eigenvalue weighted by Crippen LogP contribution is -2.31. The number of benzene rings is 3. The van der Waals surface area contributed by atoms with Gasteiger partial charge in [-0.1, -0.05) is 59.9 Å². The number of anilines is 1. The number of carbonyl (C=O) groups is 1. The zero-order valence-corrected chi connectivity index (χ0v) is 16.5. The molecule has 0 saturated heterocycles. The van der Waals surface area contributed by atoms with Gasteiger partial charge in [0.25, 0.3) is 5.91 Å². The van der Waals surface area contributed by atoms with Crippen LogP contribution in [-0.2, 0) is 6.54 Å². The summed E-state index contributed by atoms with van der Waals surface area (Å²) in [4.78, 5) is 19.5. The summed E-state index contributed by atoms with van der Waals surface area (Å²) in [6, 6.07) is 19.9. The predicted molar refractivity (Wildman–Crippen MR) is 112 cm³/mol. The van der Waals surface area contributed by atoms with Crippen LogP contribution >= 0.6 is 11.3 Å². The third-order valence-electron chi connectivity index (χ3n) is 4.58. The van der Waals surface area contributed by atoms with Crippen LogP contribution in [0.3, 0.4) is 0 Å². The molecule has 3 nitrogen and oxygen atoms in total. The minimum absolute atomic E-state index is 0.0468. The third-order valence-corrected chi connectivity index (χ3v) is 5.61. The van der Waals surface area contributed by atoms with Gasteiger partial charge in [0.1, 0.15) is 5.82 Å². The predicted octanol–water partition coefficient (Wildman–Crippen LogP) is 5.90. The van der Waals surface area contributed by atoms with Crippen LogP contribution in [0.2, 0.25) is 0 Å². The van der Waals surface area contributed by atoms with Crippen LogP contribution < -0.4 is 4.90 Å². The van der Waals surface area contributed by atoms with Crippen molar-refractivity contribution >= 4 is 32.6 Å². The summed E-state index contributed by atoms with van der Waals surface area (Å²) in [6.07, 6.45) is 0. The van der Waals surface area contributed by atoms with Crippen molar-refractivity contribution < 1.29 is 9.18 Å². The molecule has 4 rings (SSSR count). The number of nitrogens with zero attached hydrogens (tertiary/aromatic N) is 2. The Morgan fingerprint density at radius 3 is 2.50 bits per heavy atom. The molecule has 1 aromatic heterocycles. The van der Waals surface area contributed by atoms with Gasteiger partial charge in [0.15, 0.2) is 5.13 Å². The number of amides is 1. The average Bonchev–Trinajstić information content (AvgIpc) is 3.11. The molecule has 0 aliphatic rings. The van der Waals surface area contributed by atoms with Crippen LogP contribution in [-0.4, -0.2) is 10.9 Å². The van der Waals surface area contributed by atoms with Crippen LogP contribution in [0.15, 0.2) is 66.7 Å². The topological polar surface area (TPSA) is 33.2 Å². The van der Waals surface area contributed by atoms with Gasteiger partial charge in [-0.2, -0.15) is 0 Å². The minimum atomic E-state index is -0.529. The van der Waals surface area contributed by atoms with E-state index in [0.717, 1.165) is 26.9 Å². The summed E-state index contributed by atoms with van der Waals surface area (Å²) in [5.41, 5.74) is 4.10.